The van der Waals surface area contributed by atoms with Gasteiger partial charge in [0.05, 0.1) is 12.8 Å². The normalized spacial score (nSPS) is 15.4. The molecule has 4 amide bonds. The summed E-state index contributed by atoms with van der Waals surface area (Å²) in [7, 11) is 1.51. The monoisotopic (exact) mass is 376 g/mol. The number of rotatable bonds is 6. The fourth-order valence-electron chi connectivity index (χ4n) is 3.09. The lowest BCUT2D eigenvalue weighted by atomic mass is 9.96. The molecule has 0 heterocycles. The molecule has 0 aliphatic heterocycles. The van der Waals surface area contributed by atoms with E-state index in [0.29, 0.717) is 17.1 Å². The largest absolute Gasteiger partial charge is 0.495 e. The van der Waals surface area contributed by atoms with Gasteiger partial charge < -0.3 is 20.7 Å². The Morgan fingerprint density at radius 2 is 1.85 bits per heavy atom. The van der Waals surface area contributed by atoms with Gasteiger partial charge in [-0.2, -0.15) is 0 Å². The SMILES string of the molecule is COc1ccc(NC(C)=O)cc1N[C@H](C)C(=O)NC(=O)NC1CCCCC1. The summed E-state index contributed by atoms with van der Waals surface area (Å²) in [6, 6.07) is 4.04. The van der Waals surface area contributed by atoms with Gasteiger partial charge >= 0.3 is 6.03 Å². The van der Waals surface area contributed by atoms with E-state index in [1.807, 2.05) is 0 Å². The Morgan fingerprint density at radius 3 is 2.48 bits per heavy atom. The predicted molar refractivity (Wildman–Crippen MR) is 104 cm³/mol. The van der Waals surface area contributed by atoms with E-state index in [1.165, 1.54) is 20.5 Å². The van der Waals surface area contributed by atoms with Gasteiger partial charge in [0.1, 0.15) is 11.8 Å². The summed E-state index contributed by atoms with van der Waals surface area (Å²) < 4.78 is 5.28. The highest BCUT2D eigenvalue weighted by molar-refractivity contribution is 5.98. The lowest BCUT2D eigenvalue weighted by Crippen LogP contribution is -2.49. The number of hydrogen-bond acceptors (Lipinski definition) is 5. The van der Waals surface area contributed by atoms with Crippen LogP contribution in [0.5, 0.6) is 5.75 Å². The third-order valence-electron chi connectivity index (χ3n) is 4.46. The minimum Gasteiger partial charge on any atom is -0.495 e. The Kier molecular flexibility index (Phi) is 7.45. The van der Waals surface area contributed by atoms with E-state index in [0.717, 1.165) is 25.7 Å². The summed E-state index contributed by atoms with van der Waals surface area (Å²) in [4.78, 5) is 35.6. The molecule has 1 fully saturated rings. The molecule has 0 radical (unpaired) electrons. The van der Waals surface area contributed by atoms with Crippen LogP contribution in [0.3, 0.4) is 0 Å². The molecular weight excluding hydrogens is 348 g/mol. The van der Waals surface area contributed by atoms with Crippen LogP contribution in [0, 0.1) is 0 Å². The van der Waals surface area contributed by atoms with Crippen LogP contribution >= 0.6 is 0 Å². The third kappa shape index (κ3) is 6.47. The zero-order valence-electron chi connectivity index (χ0n) is 16.1. The van der Waals surface area contributed by atoms with Crippen molar-refractivity contribution in [2.24, 2.45) is 0 Å². The fourth-order valence-corrected chi connectivity index (χ4v) is 3.09. The number of imide groups is 1. The van der Waals surface area contributed by atoms with E-state index in [9.17, 15) is 14.4 Å². The van der Waals surface area contributed by atoms with E-state index in [2.05, 4.69) is 21.3 Å². The zero-order chi connectivity index (χ0) is 19.8. The van der Waals surface area contributed by atoms with Crippen molar-refractivity contribution in [3.8, 4) is 5.75 Å². The maximum atomic E-state index is 12.3. The first-order valence-corrected chi connectivity index (χ1v) is 9.22. The first-order chi connectivity index (χ1) is 12.9. The van der Waals surface area contributed by atoms with Crippen molar-refractivity contribution >= 4 is 29.2 Å². The summed E-state index contributed by atoms with van der Waals surface area (Å²) in [5.41, 5.74) is 1.12. The van der Waals surface area contributed by atoms with Crippen molar-refractivity contribution in [1.29, 1.82) is 0 Å². The fraction of sp³-hybridized carbons (Fsp3) is 0.526. The Bertz CT molecular complexity index is 686. The number of anilines is 2. The summed E-state index contributed by atoms with van der Waals surface area (Å²) in [6.45, 7) is 3.06. The van der Waals surface area contributed by atoms with Gasteiger partial charge in [-0.15, -0.1) is 0 Å². The molecule has 0 saturated heterocycles. The molecule has 1 aliphatic rings. The highest BCUT2D eigenvalue weighted by atomic mass is 16.5. The number of methoxy groups -OCH3 is 1. The van der Waals surface area contributed by atoms with Gasteiger partial charge in [-0.05, 0) is 38.0 Å². The predicted octanol–water partition coefficient (Wildman–Crippen LogP) is 2.61. The van der Waals surface area contributed by atoms with Crippen molar-refractivity contribution in [3.05, 3.63) is 18.2 Å². The molecule has 148 valence electrons. The molecule has 2 rings (SSSR count). The molecule has 0 unspecified atom stereocenters. The van der Waals surface area contributed by atoms with Crippen molar-refractivity contribution in [2.75, 3.05) is 17.7 Å². The van der Waals surface area contributed by atoms with E-state index in [4.69, 9.17) is 4.74 Å². The number of amides is 4. The summed E-state index contributed by atoms with van der Waals surface area (Å²) in [5.74, 6) is -0.123. The third-order valence-corrected chi connectivity index (χ3v) is 4.46. The number of benzene rings is 1. The van der Waals surface area contributed by atoms with Gasteiger partial charge in [0, 0.05) is 18.7 Å². The van der Waals surface area contributed by atoms with Crippen LogP contribution in [0.1, 0.15) is 46.0 Å². The van der Waals surface area contributed by atoms with E-state index < -0.39 is 18.0 Å². The second-order valence-corrected chi connectivity index (χ2v) is 6.76. The molecule has 4 N–H and O–H groups in total. The molecule has 1 saturated carbocycles. The second kappa shape index (κ2) is 9.80. The highest BCUT2D eigenvalue weighted by Gasteiger charge is 2.20. The van der Waals surface area contributed by atoms with Gasteiger partial charge in [0.15, 0.2) is 0 Å². The maximum Gasteiger partial charge on any atom is 0.321 e. The molecule has 1 aromatic rings. The molecule has 27 heavy (non-hydrogen) atoms. The number of hydrogen-bond donors (Lipinski definition) is 4. The maximum absolute atomic E-state index is 12.3. The average molecular weight is 376 g/mol. The zero-order valence-corrected chi connectivity index (χ0v) is 16.1. The lowest BCUT2D eigenvalue weighted by Gasteiger charge is -2.23. The molecule has 8 nitrogen and oxygen atoms in total. The van der Waals surface area contributed by atoms with Crippen LogP contribution in [0.15, 0.2) is 18.2 Å². The number of carbonyl (C=O) groups is 3. The van der Waals surface area contributed by atoms with Crippen molar-refractivity contribution < 1.29 is 19.1 Å². The van der Waals surface area contributed by atoms with Crippen molar-refractivity contribution in [1.82, 2.24) is 10.6 Å². The van der Waals surface area contributed by atoms with Gasteiger partial charge in [-0.25, -0.2) is 4.79 Å². The van der Waals surface area contributed by atoms with E-state index in [1.54, 1.807) is 25.1 Å². The van der Waals surface area contributed by atoms with Gasteiger partial charge in [0.25, 0.3) is 0 Å². The smallest absolute Gasteiger partial charge is 0.321 e. The molecule has 0 aromatic heterocycles. The average Bonchev–Trinajstić information content (AvgIpc) is 2.62. The Labute approximate surface area is 159 Å². The molecule has 0 bridgehead atoms. The van der Waals surface area contributed by atoms with Crippen molar-refractivity contribution in [3.63, 3.8) is 0 Å². The lowest BCUT2D eigenvalue weighted by molar-refractivity contribution is -0.120. The topological polar surface area (TPSA) is 109 Å². The molecule has 1 atom stereocenters. The number of nitrogens with one attached hydrogen (secondary N) is 4. The van der Waals surface area contributed by atoms with Gasteiger partial charge in [-0.3, -0.25) is 14.9 Å². The first-order valence-electron chi connectivity index (χ1n) is 9.22. The Morgan fingerprint density at radius 1 is 1.15 bits per heavy atom. The highest BCUT2D eigenvalue weighted by Crippen LogP contribution is 2.28. The second-order valence-electron chi connectivity index (χ2n) is 6.76. The van der Waals surface area contributed by atoms with Crippen LogP contribution < -0.4 is 26.0 Å². The number of urea groups is 1. The number of ether oxygens (including phenoxy) is 1. The van der Waals surface area contributed by atoms with E-state index in [-0.39, 0.29) is 11.9 Å². The van der Waals surface area contributed by atoms with Crippen LogP contribution in [-0.2, 0) is 9.59 Å². The summed E-state index contributed by atoms with van der Waals surface area (Å²) in [5, 5.41) is 10.9. The molecule has 0 spiro atoms. The summed E-state index contributed by atoms with van der Waals surface area (Å²) >= 11 is 0. The van der Waals surface area contributed by atoms with Crippen molar-refractivity contribution in [2.45, 2.75) is 58.0 Å². The Hall–Kier alpha value is -2.77. The molecule has 8 heteroatoms. The van der Waals surface area contributed by atoms with Crippen LogP contribution in [0.4, 0.5) is 16.2 Å². The molecule has 1 aliphatic carbocycles. The minimum absolute atomic E-state index is 0.129. The van der Waals surface area contributed by atoms with E-state index >= 15 is 0 Å². The Balaban J connectivity index is 1.94. The van der Waals surface area contributed by atoms with Gasteiger partial charge in [0.2, 0.25) is 11.8 Å². The van der Waals surface area contributed by atoms with Crippen LogP contribution in [0.2, 0.25) is 0 Å². The first kappa shape index (κ1) is 20.5. The molecular formula is C19H28N4O4. The minimum atomic E-state index is -0.677. The standard InChI is InChI=1S/C19H28N4O4/c1-12(18(25)23-19(26)22-14-7-5-4-6-8-14)20-16-11-15(21-13(2)24)9-10-17(16)27-3/h9-12,14,20H,4-8H2,1-3H3,(H,21,24)(H2,22,23,25,26)/t12-/m1/s1. The van der Waals surface area contributed by atoms with Crippen LogP contribution in [0.25, 0.3) is 0 Å². The number of carbonyl (C=O) groups excluding carboxylic acids is 3. The van der Waals surface area contributed by atoms with Gasteiger partial charge in [-0.1, -0.05) is 19.3 Å². The molecule has 1 aromatic carbocycles. The summed E-state index contributed by atoms with van der Waals surface area (Å²) in [6.07, 6.45) is 5.28. The van der Waals surface area contributed by atoms with Crippen LogP contribution in [-0.4, -0.2) is 37.0 Å². The quantitative estimate of drug-likeness (QED) is 0.610.